The second kappa shape index (κ2) is 7.31. The van der Waals surface area contributed by atoms with Crippen molar-refractivity contribution in [3.05, 3.63) is 66.0 Å². The second-order valence-corrected chi connectivity index (χ2v) is 5.18. The molecule has 4 heteroatoms. The molecular formula is C18H18N2O2. The van der Waals surface area contributed by atoms with Gasteiger partial charge in [-0.3, -0.25) is 14.6 Å². The van der Waals surface area contributed by atoms with Gasteiger partial charge in [0.05, 0.1) is 5.57 Å². The summed E-state index contributed by atoms with van der Waals surface area (Å²) >= 11 is 0. The van der Waals surface area contributed by atoms with Gasteiger partial charge in [-0.2, -0.15) is 0 Å². The van der Waals surface area contributed by atoms with Crippen molar-refractivity contribution in [2.45, 2.75) is 13.8 Å². The van der Waals surface area contributed by atoms with Crippen molar-refractivity contribution < 1.29 is 9.59 Å². The molecule has 0 fully saturated rings. The summed E-state index contributed by atoms with van der Waals surface area (Å²) in [5.74, 6) is -0.845. The van der Waals surface area contributed by atoms with E-state index < -0.39 is 5.91 Å². The Labute approximate surface area is 129 Å². The fraction of sp³-hybridized carbons (Fsp3) is 0.167. The SMILES string of the molecule is CC(C)C(=O)C(=Cc1ccccc1)C(=O)Nc1ccncc1. The second-order valence-electron chi connectivity index (χ2n) is 5.18. The standard InChI is InChI=1S/C18H18N2O2/c1-13(2)17(21)16(12-14-6-4-3-5-7-14)18(22)20-15-8-10-19-11-9-15/h3-13H,1-2H3,(H,19,20,22). The first kappa shape index (κ1) is 15.6. The summed E-state index contributed by atoms with van der Waals surface area (Å²) in [6.45, 7) is 3.56. The number of pyridine rings is 1. The molecule has 1 N–H and O–H groups in total. The van der Waals surface area contributed by atoms with Gasteiger partial charge in [0.1, 0.15) is 0 Å². The Balaban J connectivity index is 2.30. The van der Waals surface area contributed by atoms with Crippen molar-refractivity contribution in [1.29, 1.82) is 0 Å². The molecule has 22 heavy (non-hydrogen) atoms. The molecule has 0 saturated heterocycles. The normalized spacial score (nSPS) is 11.3. The summed E-state index contributed by atoms with van der Waals surface area (Å²) < 4.78 is 0. The first-order valence-electron chi connectivity index (χ1n) is 7.10. The van der Waals surface area contributed by atoms with E-state index in [9.17, 15) is 9.59 Å². The lowest BCUT2D eigenvalue weighted by molar-refractivity contribution is -0.121. The minimum Gasteiger partial charge on any atom is -0.322 e. The van der Waals surface area contributed by atoms with Crippen molar-refractivity contribution in [2.24, 2.45) is 5.92 Å². The Kier molecular flexibility index (Phi) is 5.20. The molecule has 0 saturated carbocycles. The molecule has 0 aliphatic rings. The minimum absolute atomic E-state index is 0.151. The van der Waals surface area contributed by atoms with Crippen LogP contribution in [-0.4, -0.2) is 16.7 Å². The summed E-state index contributed by atoms with van der Waals surface area (Å²) in [4.78, 5) is 28.7. The van der Waals surface area contributed by atoms with Crippen molar-refractivity contribution >= 4 is 23.5 Å². The number of aromatic nitrogens is 1. The summed E-state index contributed by atoms with van der Waals surface area (Å²) in [6, 6.07) is 12.7. The van der Waals surface area contributed by atoms with Crippen molar-refractivity contribution in [3.63, 3.8) is 0 Å². The number of rotatable bonds is 5. The molecule has 1 aromatic carbocycles. The summed E-state index contributed by atoms with van der Waals surface area (Å²) in [7, 11) is 0. The zero-order valence-electron chi connectivity index (χ0n) is 12.6. The molecule has 2 rings (SSSR count). The maximum absolute atomic E-state index is 12.4. The number of anilines is 1. The molecule has 0 aliphatic carbocycles. The summed E-state index contributed by atoms with van der Waals surface area (Å²) in [5, 5.41) is 2.73. The Morgan fingerprint density at radius 1 is 1.05 bits per heavy atom. The molecule has 0 bridgehead atoms. The van der Waals surface area contributed by atoms with E-state index in [1.54, 1.807) is 44.4 Å². The minimum atomic E-state index is -0.409. The van der Waals surface area contributed by atoms with Gasteiger partial charge >= 0.3 is 0 Å². The first-order chi connectivity index (χ1) is 10.6. The van der Waals surface area contributed by atoms with E-state index >= 15 is 0 Å². The van der Waals surface area contributed by atoms with E-state index in [4.69, 9.17) is 0 Å². The van der Waals surface area contributed by atoms with Crippen LogP contribution in [0.5, 0.6) is 0 Å². The molecule has 1 heterocycles. The van der Waals surface area contributed by atoms with E-state index in [0.29, 0.717) is 5.69 Å². The van der Waals surface area contributed by atoms with E-state index in [0.717, 1.165) is 5.56 Å². The molecule has 0 radical (unpaired) electrons. The Morgan fingerprint density at radius 3 is 2.27 bits per heavy atom. The van der Waals surface area contributed by atoms with Crippen LogP contribution in [0.4, 0.5) is 5.69 Å². The molecule has 0 aliphatic heterocycles. The highest BCUT2D eigenvalue weighted by atomic mass is 16.2. The van der Waals surface area contributed by atoms with Crippen LogP contribution in [0.15, 0.2) is 60.4 Å². The molecule has 0 atom stereocenters. The molecule has 0 spiro atoms. The smallest absolute Gasteiger partial charge is 0.259 e. The highest BCUT2D eigenvalue weighted by Crippen LogP contribution is 2.15. The van der Waals surface area contributed by atoms with Gasteiger partial charge in [0.25, 0.3) is 5.91 Å². The van der Waals surface area contributed by atoms with Crippen LogP contribution in [0.3, 0.4) is 0 Å². The number of hydrogen-bond acceptors (Lipinski definition) is 3. The largest absolute Gasteiger partial charge is 0.322 e. The van der Waals surface area contributed by atoms with Gasteiger partial charge in [-0.05, 0) is 23.8 Å². The van der Waals surface area contributed by atoms with Crippen molar-refractivity contribution in [1.82, 2.24) is 4.98 Å². The van der Waals surface area contributed by atoms with Gasteiger partial charge in [-0.25, -0.2) is 0 Å². The number of ketones is 1. The maximum Gasteiger partial charge on any atom is 0.259 e. The third-order valence-electron chi connectivity index (χ3n) is 3.08. The van der Waals surface area contributed by atoms with E-state index in [1.165, 1.54) is 0 Å². The van der Waals surface area contributed by atoms with Crippen LogP contribution < -0.4 is 5.32 Å². The number of Topliss-reactive ketones (excluding diaryl/α,β-unsaturated/α-hetero) is 1. The molecular weight excluding hydrogens is 276 g/mol. The average molecular weight is 294 g/mol. The fourth-order valence-electron chi connectivity index (χ4n) is 1.91. The van der Waals surface area contributed by atoms with Crippen LogP contribution >= 0.6 is 0 Å². The van der Waals surface area contributed by atoms with E-state index in [2.05, 4.69) is 10.3 Å². The van der Waals surface area contributed by atoms with Crippen LogP contribution in [-0.2, 0) is 9.59 Å². The molecule has 1 aromatic heterocycles. The van der Waals surface area contributed by atoms with Crippen LogP contribution in [0.2, 0.25) is 0 Å². The third-order valence-corrected chi connectivity index (χ3v) is 3.08. The number of benzene rings is 1. The first-order valence-corrected chi connectivity index (χ1v) is 7.10. The average Bonchev–Trinajstić information content (AvgIpc) is 2.53. The summed E-state index contributed by atoms with van der Waals surface area (Å²) in [6.07, 6.45) is 4.79. The van der Waals surface area contributed by atoms with Crippen LogP contribution in [0, 0.1) is 5.92 Å². The van der Waals surface area contributed by atoms with Crippen molar-refractivity contribution in [2.75, 3.05) is 5.32 Å². The van der Waals surface area contributed by atoms with Gasteiger partial charge in [0, 0.05) is 24.0 Å². The molecule has 112 valence electrons. The van der Waals surface area contributed by atoms with E-state index in [-0.39, 0.29) is 17.3 Å². The molecule has 4 nitrogen and oxygen atoms in total. The number of nitrogens with zero attached hydrogens (tertiary/aromatic N) is 1. The third kappa shape index (κ3) is 4.12. The number of nitrogens with one attached hydrogen (secondary N) is 1. The lowest BCUT2D eigenvalue weighted by Crippen LogP contribution is -2.23. The lowest BCUT2D eigenvalue weighted by atomic mass is 9.98. The zero-order chi connectivity index (χ0) is 15.9. The van der Waals surface area contributed by atoms with Gasteiger partial charge in [0.15, 0.2) is 5.78 Å². The number of hydrogen-bond donors (Lipinski definition) is 1. The molecule has 2 aromatic rings. The van der Waals surface area contributed by atoms with E-state index in [1.807, 2.05) is 30.3 Å². The predicted octanol–water partition coefficient (Wildman–Crippen LogP) is 3.33. The van der Waals surface area contributed by atoms with Crippen molar-refractivity contribution in [3.8, 4) is 0 Å². The van der Waals surface area contributed by atoms with Gasteiger partial charge in [-0.15, -0.1) is 0 Å². The Bertz CT molecular complexity index is 677. The highest BCUT2D eigenvalue weighted by Gasteiger charge is 2.21. The van der Waals surface area contributed by atoms with Crippen LogP contribution in [0.25, 0.3) is 6.08 Å². The fourth-order valence-corrected chi connectivity index (χ4v) is 1.91. The maximum atomic E-state index is 12.4. The quantitative estimate of drug-likeness (QED) is 0.523. The molecule has 0 unspecified atom stereocenters. The number of carbonyl (C=O) groups is 2. The zero-order valence-corrected chi connectivity index (χ0v) is 12.6. The highest BCUT2D eigenvalue weighted by molar-refractivity contribution is 6.26. The monoisotopic (exact) mass is 294 g/mol. The number of carbonyl (C=O) groups excluding carboxylic acids is 2. The Hall–Kier alpha value is -2.75. The predicted molar refractivity (Wildman–Crippen MR) is 87.1 cm³/mol. The molecule has 1 amide bonds. The van der Waals surface area contributed by atoms with Crippen LogP contribution in [0.1, 0.15) is 19.4 Å². The number of amides is 1. The van der Waals surface area contributed by atoms with Gasteiger partial charge in [0.2, 0.25) is 0 Å². The van der Waals surface area contributed by atoms with Gasteiger partial charge in [-0.1, -0.05) is 44.2 Å². The Morgan fingerprint density at radius 2 is 1.68 bits per heavy atom. The lowest BCUT2D eigenvalue weighted by Gasteiger charge is -2.10. The topological polar surface area (TPSA) is 59.1 Å². The van der Waals surface area contributed by atoms with Gasteiger partial charge < -0.3 is 5.32 Å². The summed E-state index contributed by atoms with van der Waals surface area (Å²) in [5.41, 5.74) is 1.57.